The van der Waals surface area contributed by atoms with Crippen molar-refractivity contribution in [2.45, 2.75) is 13.5 Å². The van der Waals surface area contributed by atoms with Crippen LogP contribution in [0.1, 0.15) is 12.5 Å². The lowest BCUT2D eigenvalue weighted by molar-refractivity contribution is -0.143. The van der Waals surface area contributed by atoms with E-state index >= 15 is 0 Å². The molecule has 152 valence electrons. The number of para-hydroxylation sites is 1. The van der Waals surface area contributed by atoms with Crippen LogP contribution >= 0.6 is 23.2 Å². The van der Waals surface area contributed by atoms with Gasteiger partial charge in [-0.1, -0.05) is 47.5 Å². The third-order valence-corrected chi connectivity index (χ3v) is 5.11. The van der Waals surface area contributed by atoms with E-state index in [-0.39, 0.29) is 29.7 Å². The Morgan fingerprint density at radius 2 is 1.97 bits per heavy atom. The van der Waals surface area contributed by atoms with Crippen molar-refractivity contribution in [3.05, 3.63) is 69.8 Å². The van der Waals surface area contributed by atoms with Crippen LogP contribution in [-0.4, -0.2) is 23.1 Å². The standard InChI is InChI=1S/C22H17Cl2N3O3/c1-2-30-20(28)13-27-12-15(16-6-3-4-9-19(16)27)10-14(11-25)22(29)26-18-8-5-7-17(23)21(18)24/h3-10,12H,2,13H2,1H3,(H,26,29)/b14-10-. The molecule has 0 bridgehead atoms. The van der Waals surface area contributed by atoms with E-state index in [9.17, 15) is 14.9 Å². The number of anilines is 1. The minimum absolute atomic E-state index is 0.0222. The summed E-state index contributed by atoms with van der Waals surface area (Å²) in [6.45, 7) is 2.05. The number of nitriles is 1. The summed E-state index contributed by atoms with van der Waals surface area (Å²) < 4.78 is 6.74. The second-order valence-corrected chi connectivity index (χ2v) is 7.04. The molecule has 0 atom stereocenters. The number of amides is 1. The molecule has 8 heteroatoms. The van der Waals surface area contributed by atoms with Gasteiger partial charge in [0.05, 0.1) is 22.3 Å². The predicted octanol–water partition coefficient (Wildman–Crippen LogP) is 5.06. The number of esters is 1. The first-order chi connectivity index (χ1) is 14.4. The van der Waals surface area contributed by atoms with Gasteiger partial charge in [-0.05, 0) is 31.2 Å². The molecule has 1 aromatic heterocycles. The minimum atomic E-state index is -0.621. The first kappa shape index (κ1) is 21.4. The number of carbonyl (C=O) groups is 2. The second kappa shape index (κ2) is 9.49. The molecule has 3 aromatic rings. The van der Waals surface area contributed by atoms with Crippen molar-refractivity contribution in [3.8, 4) is 6.07 Å². The van der Waals surface area contributed by atoms with Crippen molar-refractivity contribution in [3.63, 3.8) is 0 Å². The summed E-state index contributed by atoms with van der Waals surface area (Å²) in [6.07, 6.45) is 3.18. The predicted molar refractivity (Wildman–Crippen MR) is 117 cm³/mol. The summed E-state index contributed by atoms with van der Waals surface area (Å²) in [5.74, 6) is -0.994. The lowest BCUT2D eigenvalue weighted by Crippen LogP contribution is -2.14. The van der Waals surface area contributed by atoms with Gasteiger partial charge in [0.2, 0.25) is 0 Å². The molecule has 0 aliphatic rings. The van der Waals surface area contributed by atoms with E-state index in [1.54, 1.807) is 35.9 Å². The molecule has 1 amide bonds. The third-order valence-electron chi connectivity index (χ3n) is 4.29. The van der Waals surface area contributed by atoms with Crippen LogP contribution in [0.4, 0.5) is 5.69 Å². The van der Waals surface area contributed by atoms with Crippen molar-refractivity contribution < 1.29 is 14.3 Å². The van der Waals surface area contributed by atoms with Gasteiger partial charge in [0.1, 0.15) is 18.2 Å². The van der Waals surface area contributed by atoms with Crippen LogP contribution in [0.2, 0.25) is 10.0 Å². The molecule has 1 N–H and O–H groups in total. The average Bonchev–Trinajstić information content (AvgIpc) is 3.07. The van der Waals surface area contributed by atoms with E-state index in [1.807, 2.05) is 30.3 Å². The monoisotopic (exact) mass is 441 g/mol. The van der Waals surface area contributed by atoms with E-state index in [4.69, 9.17) is 27.9 Å². The lowest BCUT2D eigenvalue weighted by atomic mass is 10.1. The Morgan fingerprint density at radius 1 is 1.20 bits per heavy atom. The fraction of sp³-hybridized carbons (Fsp3) is 0.136. The topological polar surface area (TPSA) is 84.1 Å². The maximum absolute atomic E-state index is 12.6. The fourth-order valence-corrected chi connectivity index (χ4v) is 3.31. The molecule has 0 unspecified atom stereocenters. The van der Waals surface area contributed by atoms with Crippen LogP contribution in [-0.2, 0) is 20.9 Å². The third kappa shape index (κ3) is 4.65. The quantitative estimate of drug-likeness (QED) is 0.329. The van der Waals surface area contributed by atoms with Crippen molar-refractivity contribution in [2.24, 2.45) is 0 Å². The Balaban J connectivity index is 1.95. The molecular formula is C22H17Cl2N3O3. The zero-order chi connectivity index (χ0) is 21.7. The molecule has 1 heterocycles. The number of hydrogen-bond acceptors (Lipinski definition) is 4. The van der Waals surface area contributed by atoms with Gasteiger partial charge in [0.25, 0.3) is 5.91 Å². The highest BCUT2D eigenvalue weighted by Gasteiger charge is 2.15. The van der Waals surface area contributed by atoms with Gasteiger partial charge in [0.15, 0.2) is 0 Å². The Kier molecular flexibility index (Phi) is 6.78. The summed E-state index contributed by atoms with van der Waals surface area (Å²) in [4.78, 5) is 24.5. The van der Waals surface area contributed by atoms with Gasteiger partial charge in [-0.2, -0.15) is 5.26 Å². The molecule has 0 aliphatic heterocycles. The highest BCUT2D eigenvalue weighted by Crippen LogP contribution is 2.30. The number of hydrogen-bond donors (Lipinski definition) is 1. The maximum Gasteiger partial charge on any atom is 0.325 e. The Labute approximate surface area is 183 Å². The first-order valence-corrected chi connectivity index (χ1v) is 9.80. The van der Waals surface area contributed by atoms with Crippen LogP contribution in [0, 0.1) is 11.3 Å². The van der Waals surface area contributed by atoms with Gasteiger partial charge < -0.3 is 14.6 Å². The van der Waals surface area contributed by atoms with Gasteiger partial charge in [-0.3, -0.25) is 9.59 Å². The first-order valence-electron chi connectivity index (χ1n) is 9.05. The van der Waals surface area contributed by atoms with Gasteiger partial charge >= 0.3 is 5.97 Å². The van der Waals surface area contributed by atoms with Crippen molar-refractivity contribution in [1.82, 2.24) is 4.57 Å². The number of nitrogens with one attached hydrogen (secondary N) is 1. The normalized spacial score (nSPS) is 11.2. The van der Waals surface area contributed by atoms with Crippen molar-refractivity contribution >= 4 is 57.7 Å². The highest BCUT2D eigenvalue weighted by molar-refractivity contribution is 6.44. The van der Waals surface area contributed by atoms with E-state index in [1.165, 1.54) is 6.08 Å². The van der Waals surface area contributed by atoms with Crippen LogP contribution in [0.15, 0.2) is 54.2 Å². The Bertz CT molecular complexity index is 1190. The van der Waals surface area contributed by atoms with Crippen molar-refractivity contribution in [2.75, 3.05) is 11.9 Å². The number of rotatable bonds is 6. The number of nitrogens with zero attached hydrogens (tertiary/aromatic N) is 2. The summed E-state index contributed by atoms with van der Waals surface area (Å²) in [5, 5.41) is 13.4. The second-order valence-electron chi connectivity index (χ2n) is 6.26. The number of carbonyl (C=O) groups excluding carboxylic acids is 2. The molecule has 0 aliphatic carbocycles. The number of fused-ring (bicyclic) bond motifs is 1. The SMILES string of the molecule is CCOC(=O)Cn1cc(/C=C(/C#N)C(=O)Nc2cccc(Cl)c2Cl)c2ccccc21. The van der Waals surface area contributed by atoms with Crippen LogP contribution in [0.25, 0.3) is 17.0 Å². The molecule has 0 fully saturated rings. The maximum atomic E-state index is 12.6. The van der Waals surface area contributed by atoms with E-state index < -0.39 is 5.91 Å². The minimum Gasteiger partial charge on any atom is -0.465 e. The van der Waals surface area contributed by atoms with Gasteiger partial charge in [0, 0.05) is 22.7 Å². The fourth-order valence-electron chi connectivity index (χ4n) is 2.96. The number of ether oxygens (including phenoxy) is 1. The summed E-state index contributed by atoms with van der Waals surface area (Å²) >= 11 is 12.1. The van der Waals surface area contributed by atoms with Gasteiger partial charge in [-0.25, -0.2) is 0 Å². The molecule has 0 radical (unpaired) electrons. The summed E-state index contributed by atoms with van der Waals surface area (Å²) in [5.41, 5.74) is 1.59. The number of aromatic nitrogens is 1. The molecule has 0 saturated carbocycles. The Hall–Kier alpha value is -3.27. The Morgan fingerprint density at radius 3 is 2.70 bits per heavy atom. The van der Waals surface area contributed by atoms with Crippen molar-refractivity contribution in [1.29, 1.82) is 5.26 Å². The largest absolute Gasteiger partial charge is 0.465 e. The van der Waals surface area contributed by atoms with Crippen LogP contribution in [0.3, 0.4) is 0 Å². The smallest absolute Gasteiger partial charge is 0.325 e. The lowest BCUT2D eigenvalue weighted by Gasteiger charge is -2.07. The molecule has 3 rings (SSSR count). The molecule has 2 aromatic carbocycles. The van der Waals surface area contributed by atoms with E-state index in [0.29, 0.717) is 16.3 Å². The molecular weight excluding hydrogens is 425 g/mol. The van der Waals surface area contributed by atoms with E-state index in [0.717, 1.165) is 10.9 Å². The van der Waals surface area contributed by atoms with Crippen LogP contribution < -0.4 is 5.32 Å². The van der Waals surface area contributed by atoms with Gasteiger partial charge in [-0.15, -0.1) is 0 Å². The zero-order valence-corrected chi connectivity index (χ0v) is 17.5. The summed E-state index contributed by atoms with van der Waals surface area (Å²) in [7, 11) is 0. The number of halogens is 2. The molecule has 6 nitrogen and oxygen atoms in total. The average molecular weight is 442 g/mol. The zero-order valence-electron chi connectivity index (χ0n) is 16.0. The molecule has 30 heavy (non-hydrogen) atoms. The molecule has 0 spiro atoms. The summed E-state index contributed by atoms with van der Waals surface area (Å²) in [6, 6.07) is 14.1. The number of benzene rings is 2. The van der Waals surface area contributed by atoms with Crippen LogP contribution in [0.5, 0.6) is 0 Å². The van der Waals surface area contributed by atoms with E-state index in [2.05, 4.69) is 5.32 Å². The molecule has 0 saturated heterocycles. The highest BCUT2D eigenvalue weighted by atomic mass is 35.5.